The summed E-state index contributed by atoms with van der Waals surface area (Å²) >= 11 is 0. The van der Waals surface area contributed by atoms with E-state index in [1.54, 1.807) is 0 Å². The summed E-state index contributed by atoms with van der Waals surface area (Å²) in [5, 5.41) is 0. The predicted octanol–water partition coefficient (Wildman–Crippen LogP) is 5.56. The van der Waals surface area contributed by atoms with Gasteiger partial charge in [0.1, 0.15) is 0 Å². The quantitative estimate of drug-likeness (QED) is 0.404. The van der Waals surface area contributed by atoms with Crippen LogP contribution in [-0.4, -0.2) is 24.2 Å². The smallest absolute Gasteiger partial charge is 0.00647 e. The lowest BCUT2D eigenvalue weighted by Crippen LogP contribution is -2.55. The van der Waals surface area contributed by atoms with Crippen LogP contribution in [0.3, 0.4) is 0 Å². The molecule has 198 valence electrons. The van der Waals surface area contributed by atoms with Crippen LogP contribution in [0.2, 0.25) is 0 Å². The van der Waals surface area contributed by atoms with Gasteiger partial charge in [-0.1, -0.05) is 20.8 Å². The van der Waals surface area contributed by atoms with Gasteiger partial charge in [0.2, 0.25) is 0 Å². The summed E-state index contributed by atoms with van der Waals surface area (Å²) in [5.74, 6) is 5.44. The Balaban J connectivity index is 1.74. The van der Waals surface area contributed by atoms with Gasteiger partial charge in [-0.3, -0.25) is 0 Å². The van der Waals surface area contributed by atoms with Crippen LogP contribution in [0.1, 0.15) is 117 Å². The monoisotopic (exact) mass is 474 g/mol. The molecule has 0 saturated heterocycles. The Labute approximate surface area is 211 Å². The fourth-order valence-electron chi connectivity index (χ4n) is 9.84. The molecule has 0 aromatic rings. The molecule has 4 fully saturated rings. The van der Waals surface area contributed by atoms with Gasteiger partial charge in [0.15, 0.2) is 0 Å². The summed E-state index contributed by atoms with van der Waals surface area (Å²) < 4.78 is 0. The van der Waals surface area contributed by atoms with Gasteiger partial charge in [-0.25, -0.2) is 0 Å². The average molecular weight is 475 g/mol. The first-order chi connectivity index (χ1) is 16.3. The number of nitrogens with two attached hydrogens (primary N) is 4. The first-order valence-corrected chi connectivity index (χ1v) is 15.3. The van der Waals surface area contributed by atoms with E-state index in [4.69, 9.17) is 22.9 Å². The molecule has 0 spiro atoms. The molecule has 6 unspecified atom stereocenters. The lowest BCUT2D eigenvalue weighted by molar-refractivity contribution is -0.107. The van der Waals surface area contributed by atoms with Gasteiger partial charge in [-0.2, -0.15) is 0 Å². The van der Waals surface area contributed by atoms with Crippen molar-refractivity contribution in [3.8, 4) is 0 Å². The van der Waals surface area contributed by atoms with E-state index in [-0.39, 0.29) is 0 Å². The zero-order valence-corrected chi connectivity index (χ0v) is 22.8. The molecule has 4 aliphatic rings. The Morgan fingerprint density at radius 2 is 0.971 bits per heavy atom. The van der Waals surface area contributed by atoms with Gasteiger partial charge >= 0.3 is 0 Å². The highest BCUT2D eigenvalue weighted by Crippen LogP contribution is 2.62. The van der Waals surface area contributed by atoms with E-state index in [9.17, 15) is 0 Å². The first kappa shape index (κ1) is 26.9. The fraction of sp³-hybridized carbons (Fsp3) is 1.00. The molecule has 0 aliphatic heterocycles. The normalized spacial score (nSPS) is 47.0. The number of rotatable bonds is 6. The Bertz CT molecular complexity index is 573. The third-order valence-electron chi connectivity index (χ3n) is 11.9. The number of hydrogen-bond acceptors (Lipinski definition) is 4. The molecule has 6 atom stereocenters. The van der Waals surface area contributed by atoms with E-state index >= 15 is 0 Å². The van der Waals surface area contributed by atoms with Crippen molar-refractivity contribution in [3.63, 3.8) is 0 Å². The summed E-state index contributed by atoms with van der Waals surface area (Å²) in [6.45, 7) is 7.42. The van der Waals surface area contributed by atoms with Crippen molar-refractivity contribution in [2.45, 2.75) is 141 Å². The van der Waals surface area contributed by atoms with Crippen molar-refractivity contribution >= 4 is 0 Å². The van der Waals surface area contributed by atoms with Gasteiger partial charge in [-0.05, 0) is 143 Å². The maximum Gasteiger partial charge on any atom is 0.00647 e. The van der Waals surface area contributed by atoms with Gasteiger partial charge in [0.25, 0.3) is 0 Å². The molecule has 4 heteroatoms. The van der Waals surface area contributed by atoms with E-state index in [0.717, 1.165) is 29.6 Å². The van der Waals surface area contributed by atoms with Gasteiger partial charge in [0.05, 0.1) is 0 Å². The molecule has 0 bridgehead atoms. The minimum absolute atomic E-state index is 0.395. The zero-order valence-electron chi connectivity index (χ0n) is 22.8. The molecule has 0 aromatic heterocycles. The summed E-state index contributed by atoms with van der Waals surface area (Å²) in [7, 11) is 0. The van der Waals surface area contributed by atoms with Gasteiger partial charge in [-0.15, -0.1) is 0 Å². The third-order valence-corrected chi connectivity index (χ3v) is 11.9. The van der Waals surface area contributed by atoms with Crippen molar-refractivity contribution in [2.75, 3.05) is 0 Å². The summed E-state index contributed by atoms with van der Waals surface area (Å²) in [6.07, 6.45) is 19.4. The molecule has 0 radical (unpaired) electrons. The van der Waals surface area contributed by atoms with Crippen molar-refractivity contribution in [3.05, 3.63) is 0 Å². The van der Waals surface area contributed by atoms with Gasteiger partial charge < -0.3 is 22.9 Å². The standard InChI is InChI=1S/C30H58N4/c1-4-30(23-7-11-25(31)12-8-23,24-9-13-26(32)14-10-24)29(21-5-15-27(33)19(2)17-21)22-6-16-28(34)20(3)18-22/h19-29H,4-18,31-34H2,1-3H3. The molecule has 4 rings (SSSR count). The van der Waals surface area contributed by atoms with Crippen LogP contribution in [0, 0.1) is 46.8 Å². The largest absolute Gasteiger partial charge is 0.328 e. The minimum atomic E-state index is 0.395. The summed E-state index contributed by atoms with van der Waals surface area (Å²) in [5.41, 5.74) is 26.5. The topological polar surface area (TPSA) is 104 Å². The maximum atomic E-state index is 6.57. The Kier molecular flexibility index (Phi) is 9.08. The van der Waals surface area contributed by atoms with Crippen molar-refractivity contribution in [2.24, 2.45) is 69.8 Å². The second-order valence-corrected chi connectivity index (χ2v) is 13.6. The highest BCUT2D eigenvalue weighted by Gasteiger charge is 2.55. The Hall–Kier alpha value is -0.160. The van der Waals surface area contributed by atoms with Gasteiger partial charge in [0, 0.05) is 24.2 Å². The van der Waals surface area contributed by atoms with E-state index in [0.29, 0.717) is 41.4 Å². The van der Waals surface area contributed by atoms with E-state index in [1.807, 2.05) is 0 Å². The van der Waals surface area contributed by atoms with E-state index in [2.05, 4.69) is 20.8 Å². The second kappa shape index (κ2) is 11.5. The molecule has 4 saturated carbocycles. The third kappa shape index (κ3) is 5.41. The van der Waals surface area contributed by atoms with Crippen LogP contribution in [0.25, 0.3) is 0 Å². The Morgan fingerprint density at radius 1 is 0.588 bits per heavy atom. The van der Waals surface area contributed by atoms with Crippen molar-refractivity contribution in [1.29, 1.82) is 0 Å². The maximum absolute atomic E-state index is 6.57. The lowest BCUT2D eigenvalue weighted by atomic mass is 9.45. The first-order valence-electron chi connectivity index (χ1n) is 15.3. The molecule has 0 aromatic carbocycles. The van der Waals surface area contributed by atoms with E-state index < -0.39 is 0 Å². The minimum Gasteiger partial charge on any atom is -0.328 e. The second-order valence-electron chi connectivity index (χ2n) is 13.6. The SMILES string of the molecule is CCC(C1CCC(N)CC1)(C1CCC(N)CC1)C(C1CCC(N)C(C)C1)C1CCC(N)C(C)C1. The van der Waals surface area contributed by atoms with Crippen LogP contribution in [0.5, 0.6) is 0 Å². The van der Waals surface area contributed by atoms with Crippen LogP contribution in [0.4, 0.5) is 0 Å². The summed E-state index contributed by atoms with van der Waals surface area (Å²) in [4.78, 5) is 0. The molecule has 0 heterocycles. The zero-order chi connectivity index (χ0) is 24.5. The molecular formula is C30H58N4. The van der Waals surface area contributed by atoms with Crippen LogP contribution in [-0.2, 0) is 0 Å². The predicted molar refractivity (Wildman–Crippen MR) is 145 cm³/mol. The van der Waals surface area contributed by atoms with Crippen LogP contribution < -0.4 is 22.9 Å². The molecular weight excluding hydrogens is 416 g/mol. The van der Waals surface area contributed by atoms with Crippen LogP contribution >= 0.6 is 0 Å². The number of hydrogen-bond donors (Lipinski definition) is 4. The lowest BCUT2D eigenvalue weighted by Gasteiger charge is -2.60. The fourth-order valence-corrected chi connectivity index (χ4v) is 9.84. The molecule has 8 N–H and O–H groups in total. The molecule has 4 nitrogen and oxygen atoms in total. The average Bonchev–Trinajstić information content (AvgIpc) is 2.83. The molecule has 34 heavy (non-hydrogen) atoms. The molecule has 4 aliphatic carbocycles. The van der Waals surface area contributed by atoms with Crippen LogP contribution in [0.15, 0.2) is 0 Å². The van der Waals surface area contributed by atoms with Crippen molar-refractivity contribution < 1.29 is 0 Å². The summed E-state index contributed by atoms with van der Waals surface area (Å²) in [6, 6.07) is 1.63. The highest BCUT2D eigenvalue weighted by molar-refractivity contribution is 5.05. The van der Waals surface area contributed by atoms with Crippen molar-refractivity contribution in [1.82, 2.24) is 0 Å². The molecule has 0 amide bonds. The highest BCUT2D eigenvalue weighted by atomic mass is 14.7. The Morgan fingerprint density at radius 3 is 1.29 bits per heavy atom. The van der Waals surface area contributed by atoms with E-state index in [1.165, 1.54) is 96.3 Å².